The number of rotatable bonds is 5. The van der Waals surface area contributed by atoms with E-state index in [1.165, 1.54) is 33.6 Å². The summed E-state index contributed by atoms with van der Waals surface area (Å²) in [5.74, 6) is 1.58. The van der Waals surface area contributed by atoms with Crippen LogP contribution in [-0.4, -0.2) is 15.0 Å². The van der Waals surface area contributed by atoms with Crippen molar-refractivity contribution in [3.8, 4) is 45.3 Å². The molecule has 0 fully saturated rings. The molecule has 0 unspecified atom stereocenters. The van der Waals surface area contributed by atoms with Crippen molar-refractivity contribution in [3.63, 3.8) is 0 Å². The van der Waals surface area contributed by atoms with E-state index in [0.717, 1.165) is 27.9 Å². The Hall–Kier alpha value is -7.18. The molecule has 0 radical (unpaired) electrons. The predicted molar refractivity (Wildman–Crippen MR) is 231 cm³/mol. The van der Waals surface area contributed by atoms with Gasteiger partial charge in [-0.25, -0.2) is 15.0 Å². The molecule has 0 saturated carbocycles. The number of aromatic nitrogens is 3. The van der Waals surface area contributed by atoms with E-state index in [1.54, 1.807) is 0 Å². The maximum atomic E-state index is 14.8. The molecule has 0 bridgehead atoms. The van der Waals surface area contributed by atoms with Gasteiger partial charge in [0.05, 0.1) is 22.1 Å². The summed E-state index contributed by atoms with van der Waals surface area (Å²) in [4.78, 5) is 31.9. The molecule has 0 aliphatic carbocycles. The lowest BCUT2D eigenvalue weighted by atomic mass is 9.72. The molecule has 57 heavy (non-hydrogen) atoms. The lowest BCUT2D eigenvalue weighted by Crippen LogP contribution is -2.31. The second-order valence-electron chi connectivity index (χ2n) is 15.3. The van der Waals surface area contributed by atoms with Gasteiger partial charge >= 0.3 is 0 Å². The van der Waals surface area contributed by atoms with Crippen LogP contribution in [0.2, 0.25) is 0 Å². The highest BCUT2D eigenvalue weighted by Crippen LogP contribution is 2.54. The first-order chi connectivity index (χ1) is 27.8. The van der Waals surface area contributed by atoms with Crippen LogP contribution in [0.5, 0.6) is 0 Å². The monoisotopic (exact) mass is 738 g/mol. The van der Waals surface area contributed by atoms with E-state index >= 15 is 0 Å². The summed E-state index contributed by atoms with van der Waals surface area (Å²) in [5, 5.41) is 0.983. The fraction of sp³-hybridized carbons (Fsp3) is 0.0980. The number of hydrogen-bond acceptors (Lipinski definition) is 6. The number of nitrogens with zero attached hydrogens (tertiary/aromatic N) is 4. The zero-order valence-corrected chi connectivity index (χ0v) is 32.1. The van der Waals surface area contributed by atoms with Gasteiger partial charge in [-0.05, 0) is 83.6 Å². The van der Waals surface area contributed by atoms with Crippen LogP contribution < -0.4 is 10.3 Å². The number of anilines is 3. The Labute approximate surface area is 330 Å². The summed E-state index contributed by atoms with van der Waals surface area (Å²) in [5.41, 5.74) is 13.3. The predicted octanol–water partition coefficient (Wildman–Crippen LogP) is 12.5. The minimum atomic E-state index is -0.182. The smallest absolute Gasteiger partial charge is 0.201 e. The van der Waals surface area contributed by atoms with Gasteiger partial charge < -0.3 is 9.32 Å². The fourth-order valence-electron chi connectivity index (χ4n) is 8.47. The van der Waals surface area contributed by atoms with Crippen molar-refractivity contribution in [2.45, 2.75) is 33.1 Å². The summed E-state index contributed by atoms with van der Waals surface area (Å²) in [7, 11) is 0. The molecule has 9 aromatic rings. The van der Waals surface area contributed by atoms with Gasteiger partial charge in [-0.2, -0.15) is 0 Å². The average Bonchev–Trinajstić information content (AvgIpc) is 3.25. The maximum absolute atomic E-state index is 14.8. The van der Waals surface area contributed by atoms with E-state index < -0.39 is 0 Å². The van der Waals surface area contributed by atoms with Crippen LogP contribution in [0.1, 0.15) is 36.1 Å². The van der Waals surface area contributed by atoms with Gasteiger partial charge in [0.1, 0.15) is 11.2 Å². The van der Waals surface area contributed by atoms with Gasteiger partial charge in [0.25, 0.3) is 0 Å². The molecular formula is C51H38N4O2. The Kier molecular flexibility index (Phi) is 7.97. The molecule has 1 aliphatic rings. The first-order valence-corrected chi connectivity index (χ1v) is 19.2. The molecular weight excluding hydrogens is 701 g/mol. The summed E-state index contributed by atoms with van der Waals surface area (Å²) < 4.78 is 6.50. The SMILES string of the molecule is Cc1cccc2c1N(c1cccc(-c3cccc4oc5ccc(-c6nc(-c7ccccc7)nc(-c7ccccc7)n6)cc5c(=O)c34)c1)c1c(C)cccc1C2(C)C. The van der Waals surface area contributed by atoms with Gasteiger partial charge in [0.2, 0.25) is 5.43 Å². The summed E-state index contributed by atoms with van der Waals surface area (Å²) in [6.07, 6.45) is 0. The largest absolute Gasteiger partial charge is 0.456 e. The molecule has 6 nitrogen and oxygen atoms in total. The highest BCUT2D eigenvalue weighted by Gasteiger charge is 2.38. The number of hydrogen-bond donors (Lipinski definition) is 0. The van der Waals surface area contributed by atoms with Gasteiger partial charge in [-0.1, -0.05) is 135 Å². The minimum absolute atomic E-state index is 0.114. The van der Waals surface area contributed by atoms with Crippen molar-refractivity contribution in [1.82, 2.24) is 15.0 Å². The van der Waals surface area contributed by atoms with Crippen LogP contribution in [0.3, 0.4) is 0 Å². The highest BCUT2D eigenvalue weighted by molar-refractivity contribution is 6.01. The molecule has 1 aliphatic heterocycles. The minimum Gasteiger partial charge on any atom is -0.456 e. The third-order valence-electron chi connectivity index (χ3n) is 11.3. The Morgan fingerprint density at radius 2 is 1.05 bits per heavy atom. The average molecular weight is 739 g/mol. The summed E-state index contributed by atoms with van der Waals surface area (Å²) in [6.45, 7) is 9.00. The number of aryl methyl sites for hydroxylation is 2. The van der Waals surface area contributed by atoms with E-state index in [9.17, 15) is 4.79 Å². The molecule has 0 N–H and O–H groups in total. The van der Waals surface area contributed by atoms with Crippen molar-refractivity contribution in [3.05, 3.63) is 190 Å². The van der Waals surface area contributed by atoms with Crippen LogP contribution in [0.25, 0.3) is 67.2 Å². The molecule has 3 heterocycles. The Morgan fingerprint density at radius 1 is 0.509 bits per heavy atom. The lowest BCUT2D eigenvalue weighted by molar-refractivity contribution is 0.630. The maximum Gasteiger partial charge on any atom is 0.201 e. The van der Waals surface area contributed by atoms with Crippen LogP contribution >= 0.6 is 0 Å². The Balaban J connectivity index is 1.14. The van der Waals surface area contributed by atoms with Gasteiger partial charge in [0, 0.05) is 27.8 Å². The Morgan fingerprint density at radius 3 is 1.67 bits per heavy atom. The molecule has 6 heteroatoms. The highest BCUT2D eigenvalue weighted by atomic mass is 16.3. The van der Waals surface area contributed by atoms with Crippen molar-refractivity contribution >= 4 is 39.0 Å². The number of para-hydroxylation sites is 2. The molecule has 10 rings (SSSR count). The molecule has 0 amide bonds. The van der Waals surface area contributed by atoms with E-state index in [4.69, 9.17) is 19.4 Å². The van der Waals surface area contributed by atoms with Crippen molar-refractivity contribution in [2.24, 2.45) is 0 Å². The van der Waals surface area contributed by atoms with Crippen LogP contribution in [0.4, 0.5) is 17.1 Å². The number of fused-ring (bicyclic) bond motifs is 4. The first kappa shape index (κ1) is 34.3. The van der Waals surface area contributed by atoms with E-state index in [-0.39, 0.29) is 10.8 Å². The second kappa shape index (κ2) is 13.2. The molecule has 2 aromatic heterocycles. The first-order valence-electron chi connectivity index (χ1n) is 19.2. The topological polar surface area (TPSA) is 72.1 Å². The second-order valence-corrected chi connectivity index (χ2v) is 15.3. The quantitative estimate of drug-likeness (QED) is 0.164. The Bertz CT molecular complexity index is 2980. The van der Waals surface area contributed by atoms with E-state index in [1.807, 2.05) is 97.1 Å². The molecule has 274 valence electrons. The van der Waals surface area contributed by atoms with Crippen LogP contribution in [0, 0.1) is 13.8 Å². The van der Waals surface area contributed by atoms with E-state index in [0.29, 0.717) is 45.0 Å². The summed E-state index contributed by atoms with van der Waals surface area (Å²) in [6, 6.07) is 52.9. The van der Waals surface area contributed by atoms with Gasteiger partial charge in [0.15, 0.2) is 17.5 Å². The molecule has 0 atom stereocenters. The standard InChI is InChI=1S/C51H38N4O2/c1-31-15-11-24-40-45(31)55(46-32(2)16-12-25-41(46)51(40,3)4)37-22-13-21-35(29-37)38-23-14-26-43-44(38)47(56)39-30-36(27-28-42(39)57-43)50-53-48(33-17-7-5-8-18-33)52-49(54-50)34-19-9-6-10-20-34/h5-30H,1-4H3. The van der Waals surface area contributed by atoms with Crippen LogP contribution in [0.15, 0.2) is 167 Å². The molecule has 0 saturated heterocycles. The normalized spacial score (nSPS) is 13.1. The zero-order chi connectivity index (χ0) is 38.8. The molecule has 7 aromatic carbocycles. The summed E-state index contributed by atoms with van der Waals surface area (Å²) >= 11 is 0. The van der Waals surface area contributed by atoms with Crippen molar-refractivity contribution in [1.29, 1.82) is 0 Å². The van der Waals surface area contributed by atoms with Gasteiger partial charge in [-0.15, -0.1) is 0 Å². The third-order valence-corrected chi connectivity index (χ3v) is 11.3. The number of benzene rings is 7. The third kappa shape index (κ3) is 5.63. The van der Waals surface area contributed by atoms with Crippen molar-refractivity contribution in [2.75, 3.05) is 4.90 Å². The van der Waals surface area contributed by atoms with E-state index in [2.05, 4.69) is 93.3 Å². The fourth-order valence-corrected chi connectivity index (χ4v) is 8.47. The lowest BCUT2D eigenvalue weighted by Gasteiger charge is -2.43. The molecule has 0 spiro atoms. The van der Waals surface area contributed by atoms with Gasteiger partial charge in [-0.3, -0.25) is 4.79 Å². The zero-order valence-electron chi connectivity index (χ0n) is 32.1. The van der Waals surface area contributed by atoms with Crippen LogP contribution in [-0.2, 0) is 5.41 Å². The van der Waals surface area contributed by atoms with Crippen molar-refractivity contribution < 1.29 is 4.42 Å².